The zero-order valence-electron chi connectivity index (χ0n) is 12.7. The predicted octanol–water partition coefficient (Wildman–Crippen LogP) is 2.38. The Morgan fingerprint density at radius 3 is 2.90 bits per heavy atom. The lowest BCUT2D eigenvalue weighted by Crippen LogP contribution is -2.48. The van der Waals surface area contributed by atoms with E-state index in [1.807, 2.05) is 17.9 Å². The average molecular weight is 275 g/mol. The normalized spacial score (nSPS) is 19.1. The molecule has 0 saturated carbocycles. The highest BCUT2D eigenvalue weighted by Gasteiger charge is 2.23. The summed E-state index contributed by atoms with van der Waals surface area (Å²) in [5, 5.41) is 3.52. The average Bonchev–Trinajstić information content (AvgIpc) is 2.45. The molecule has 1 fully saturated rings. The van der Waals surface area contributed by atoms with E-state index in [9.17, 15) is 4.79 Å². The summed E-state index contributed by atoms with van der Waals surface area (Å²) in [4.78, 5) is 18.8. The van der Waals surface area contributed by atoms with E-state index in [-0.39, 0.29) is 11.9 Å². The van der Waals surface area contributed by atoms with Crippen LogP contribution in [0.2, 0.25) is 0 Å². The second-order valence-corrected chi connectivity index (χ2v) is 5.88. The van der Waals surface area contributed by atoms with E-state index in [2.05, 4.69) is 24.1 Å². The molecule has 1 atom stereocenters. The molecule has 20 heavy (non-hydrogen) atoms. The topological polar surface area (TPSA) is 45.2 Å². The molecule has 1 aromatic rings. The van der Waals surface area contributed by atoms with Gasteiger partial charge in [-0.2, -0.15) is 0 Å². The second kappa shape index (κ2) is 6.84. The maximum Gasteiger partial charge on any atom is 0.254 e. The first kappa shape index (κ1) is 15.0. The monoisotopic (exact) mass is 275 g/mol. The third-order valence-electron chi connectivity index (χ3n) is 3.86. The first-order chi connectivity index (χ1) is 9.58. The van der Waals surface area contributed by atoms with Crippen molar-refractivity contribution in [2.75, 3.05) is 13.1 Å². The zero-order chi connectivity index (χ0) is 14.5. The summed E-state index contributed by atoms with van der Waals surface area (Å²) in [5.74, 6) is 0.109. The van der Waals surface area contributed by atoms with E-state index in [0.29, 0.717) is 6.04 Å². The SMILES string of the molecule is Cc1cc(C(=O)N(CC2CCCCN2)C(C)C)ccn1. The fraction of sp³-hybridized carbons (Fsp3) is 0.625. The summed E-state index contributed by atoms with van der Waals surface area (Å²) >= 11 is 0. The van der Waals surface area contributed by atoms with Crippen molar-refractivity contribution >= 4 is 5.91 Å². The minimum absolute atomic E-state index is 0.109. The maximum absolute atomic E-state index is 12.7. The van der Waals surface area contributed by atoms with Gasteiger partial charge in [-0.1, -0.05) is 6.42 Å². The lowest BCUT2D eigenvalue weighted by molar-refractivity contribution is 0.0676. The number of carbonyl (C=O) groups is 1. The van der Waals surface area contributed by atoms with Crippen LogP contribution in [0.25, 0.3) is 0 Å². The van der Waals surface area contributed by atoms with E-state index in [4.69, 9.17) is 0 Å². The Labute approximate surface area is 121 Å². The molecule has 2 rings (SSSR count). The zero-order valence-corrected chi connectivity index (χ0v) is 12.7. The summed E-state index contributed by atoms with van der Waals surface area (Å²) in [6.45, 7) is 7.93. The maximum atomic E-state index is 12.7. The van der Waals surface area contributed by atoms with E-state index < -0.39 is 0 Å². The first-order valence-corrected chi connectivity index (χ1v) is 7.55. The molecule has 0 bridgehead atoms. The summed E-state index contributed by atoms with van der Waals surface area (Å²) in [6, 6.07) is 4.31. The molecule has 1 unspecified atom stereocenters. The van der Waals surface area contributed by atoms with Crippen molar-refractivity contribution in [2.24, 2.45) is 0 Å². The number of aromatic nitrogens is 1. The molecule has 1 amide bonds. The molecule has 1 saturated heterocycles. The quantitative estimate of drug-likeness (QED) is 0.917. The number of carbonyl (C=O) groups excluding carboxylic acids is 1. The van der Waals surface area contributed by atoms with E-state index >= 15 is 0 Å². The molecule has 1 aliphatic rings. The number of amides is 1. The highest BCUT2D eigenvalue weighted by Crippen LogP contribution is 2.14. The van der Waals surface area contributed by atoms with Gasteiger partial charge >= 0.3 is 0 Å². The standard InChI is InChI=1S/C16H25N3O/c1-12(2)19(11-15-6-4-5-8-18-15)16(20)14-7-9-17-13(3)10-14/h7,9-10,12,15,18H,4-6,8,11H2,1-3H3. The van der Waals surface area contributed by atoms with Crippen LogP contribution < -0.4 is 5.32 Å². The van der Waals surface area contributed by atoms with Crippen molar-refractivity contribution in [1.82, 2.24) is 15.2 Å². The van der Waals surface area contributed by atoms with Gasteiger partial charge in [-0.25, -0.2) is 0 Å². The van der Waals surface area contributed by atoms with Crippen molar-refractivity contribution in [1.29, 1.82) is 0 Å². The van der Waals surface area contributed by atoms with Crippen LogP contribution >= 0.6 is 0 Å². The van der Waals surface area contributed by atoms with Crippen LogP contribution in [0.3, 0.4) is 0 Å². The number of nitrogens with one attached hydrogen (secondary N) is 1. The van der Waals surface area contributed by atoms with E-state index in [0.717, 1.165) is 30.8 Å². The lowest BCUT2D eigenvalue weighted by Gasteiger charge is -2.33. The van der Waals surface area contributed by atoms with Crippen molar-refractivity contribution < 1.29 is 4.79 Å². The summed E-state index contributed by atoms with van der Waals surface area (Å²) in [5.41, 5.74) is 1.62. The largest absolute Gasteiger partial charge is 0.335 e. The fourth-order valence-electron chi connectivity index (χ4n) is 2.69. The van der Waals surface area contributed by atoms with Gasteiger partial charge in [0.2, 0.25) is 0 Å². The Morgan fingerprint density at radius 1 is 1.50 bits per heavy atom. The minimum atomic E-state index is 0.109. The lowest BCUT2D eigenvalue weighted by atomic mass is 10.0. The highest BCUT2D eigenvalue weighted by molar-refractivity contribution is 5.94. The van der Waals surface area contributed by atoms with Crippen LogP contribution in [0.1, 0.15) is 49.2 Å². The first-order valence-electron chi connectivity index (χ1n) is 7.55. The third-order valence-corrected chi connectivity index (χ3v) is 3.86. The van der Waals surface area contributed by atoms with Gasteiger partial charge in [-0.05, 0) is 52.3 Å². The molecule has 0 radical (unpaired) electrons. The number of rotatable bonds is 4. The molecule has 1 aliphatic heterocycles. The van der Waals surface area contributed by atoms with Crippen LogP contribution in [0.15, 0.2) is 18.3 Å². The minimum Gasteiger partial charge on any atom is -0.335 e. The van der Waals surface area contributed by atoms with Crippen molar-refractivity contribution in [2.45, 2.75) is 52.1 Å². The molecule has 1 aromatic heterocycles. The molecule has 4 heteroatoms. The number of hydrogen-bond acceptors (Lipinski definition) is 3. The van der Waals surface area contributed by atoms with Crippen LogP contribution in [-0.4, -0.2) is 41.0 Å². The number of pyridine rings is 1. The number of piperidine rings is 1. The third kappa shape index (κ3) is 3.79. The van der Waals surface area contributed by atoms with Crippen LogP contribution in [0, 0.1) is 6.92 Å². The van der Waals surface area contributed by atoms with Gasteiger partial charge in [0.15, 0.2) is 0 Å². The van der Waals surface area contributed by atoms with Crippen LogP contribution in [0.5, 0.6) is 0 Å². The van der Waals surface area contributed by atoms with Gasteiger partial charge in [0.25, 0.3) is 5.91 Å². The van der Waals surface area contributed by atoms with Gasteiger partial charge in [-0.15, -0.1) is 0 Å². The molecule has 1 N–H and O–H groups in total. The molecule has 0 spiro atoms. The van der Waals surface area contributed by atoms with E-state index in [1.165, 1.54) is 12.8 Å². The number of hydrogen-bond donors (Lipinski definition) is 1. The van der Waals surface area contributed by atoms with Crippen molar-refractivity contribution in [3.8, 4) is 0 Å². The Hall–Kier alpha value is -1.42. The van der Waals surface area contributed by atoms with Gasteiger partial charge in [0.05, 0.1) is 0 Å². The molecule has 4 nitrogen and oxygen atoms in total. The summed E-state index contributed by atoms with van der Waals surface area (Å²) < 4.78 is 0. The number of nitrogens with zero attached hydrogens (tertiary/aromatic N) is 2. The molecule has 2 heterocycles. The summed E-state index contributed by atoms with van der Waals surface area (Å²) in [7, 11) is 0. The van der Waals surface area contributed by atoms with Gasteiger partial charge in [0.1, 0.15) is 0 Å². The second-order valence-electron chi connectivity index (χ2n) is 5.88. The Kier molecular flexibility index (Phi) is 5.12. The highest BCUT2D eigenvalue weighted by atomic mass is 16.2. The van der Waals surface area contributed by atoms with Gasteiger partial charge in [-0.3, -0.25) is 9.78 Å². The Bertz CT molecular complexity index is 453. The van der Waals surface area contributed by atoms with Gasteiger partial charge < -0.3 is 10.2 Å². The van der Waals surface area contributed by atoms with Crippen LogP contribution in [-0.2, 0) is 0 Å². The number of aryl methyl sites for hydroxylation is 1. The molecular formula is C16H25N3O. The van der Waals surface area contributed by atoms with Crippen molar-refractivity contribution in [3.63, 3.8) is 0 Å². The molecular weight excluding hydrogens is 250 g/mol. The Morgan fingerprint density at radius 2 is 2.30 bits per heavy atom. The van der Waals surface area contributed by atoms with Crippen molar-refractivity contribution in [3.05, 3.63) is 29.6 Å². The fourth-order valence-corrected chi connectivity index (χ4v) is 2.69. The van der Waals surface area contributed by atoms with Crippen LogP contribution in [0.4, 0.5) is 0 Å². The smallest absolute Gasteiger partial charge is 0.254 e. The summed E-state index contributed by atoms with van der Waals surface area (Å²) in [6.07, 6.45) is 5.37. The molecule has 0 aliphatic carbocycles. The van der Waals surface area contributed by atoms with E-state index in [1.54, 1.807) is 12.3 Å². The predicted molar refractivity (Wildman–Crippen MR) is 80.8 cm³/mol. The van der Waals surface area contributed by atoms with Gasteiger partial charge in [0, 0.05) is 36.1 Å². The Balaban J connectivity index is 2.09. The molecule has 0 aromatic carbocycles. The molecule has 110 valence electrons.